The van der Waals surface area contributed by atoms with E-state index in [2.05, 4.69) is 35.1 Å². The summed E-state index contributed by atoms with van der Waals surface area (Å²) in [6, 6.07) is 20.7. The monoisotopic (exact) mass is 582 g/mol. The molecule has 0 aromatic heterocycles. The van der Waals surface area contributed by atoms with Crippen LogP contribution in [0.1, 0.15) is 56.7 Å². The number of carbonyl (C=O) groups is 2. The molecule has 3 aromatic rings. The lowest BCUT2D eigenvalue weighted by atomic mass is 10.0. The molecule has 2 amide bonds. The Balaban J connectivity index is 1.92. The van der Waals surface area contributed by atoms with Gasteiger partial charge >= 0.3 is 0 Å². The van der Waals surface area contributed by atoms with E-state index in [1.165, 1.54) is 11.0 Å². The van der Waals surface area contributed by atoms with E-state index >= 15 is 0 Å². The van der Waals surface area contributed by atoms with Crippen LogP contribution in [0.25, 0.3) is 0 Å². The molecule has 0 fully saturated rings. The van der Waals surface area contributed by atoms with Gasteiger partial charge in [-0.2, -0.15) is 0 Å². The Labute approximate surface area is 233 Å². The van der Waals surface area contributed by atoms with Gasteiger partial charge in [-0.05, 0) is 64.5 Å². The molecule has 0 aliphatic heterocycles. The molecule has 0 unspecified atom stereocenters. The van der Waals surface area contributed by atoms with Gasteiger partial charge in [-0.3, -0.25) is 9.59 Å². The molecule has 0 bridgehead atoms. The van der Waals surface area contributed by atoms with Gasteiger partial charge in [-0.25, -0.2) is 4.39 Å². The average molecular weight is 584 g/mol. The summed E-state index contributed by atoms with van der Waals surface area (Å²) >= 11 is 3.53. The van der Waals surface area contributed by atoms with Crippen LogP contribution in [0.4, 0.5) is 4.39 Å². The van der Waals surface area contributed by atoms with Crippen molar-refractivity contribution >= 4 is 27.7 Å². The van der Waals surface area contributed by atoms with Crippen LogP contribution in [0.5, 0.6) is 5.75 Å². The van der Waals surface area contributed by atoms with Crippen LogP contribution < -0.4 is 10.1 Å². The van der Waals surface area contributed by atoms with Gasteiger partial charge in [0.05, 0.1) is 4.47 Å². The topological polar surface area (TPSA) is 58.6 Å². The number of nitrogens with zero attached hydrogens (tertiary/aromatic N) is 1. The molecule has 3 aromatic carbocycles. The molecular formula is C31H36BrFN2O3. The van der Waals surface area contributed by atoms with E-state index in [0.29, 0.717) is 17.2 Å². The number of rotatable bonds is 12. The summed E-state index contributed by atoms with van der Waals surface area (Å²) in [6.45, 7) is 7.74. The highest BCUT2D eigenvalue weighted by atomic mass is 79.9. The molecule has 202 valence electrons. The van der Waals surface area contributed by atoms with Gasteiger partial charge in [-0.1, -0.05) is 75.4 Å². The first-order chi connectivity index (χ1) is 18.2. The van der Waals surface area contributed by atoms with Crippen LogP contribution in [0.15, 0.2) is 77.3 Å². The third kappa shape index (κ3) is 8.15. The van der Waals surface area contributed by atoms with E-state index in [-0.39, 0.29) is 31.5 Å². The Morgan fingerprint density at radius 3 is 2.32 bits per heavy atom. The highest BCUT2D eigenvalue weighted by Gasteiger charge is 2.32. The number of hydrogen-bond donors (Lipinski definition) is 1. The number of amides is 2. The van der Waals surface area contributed by atoms with Crippen LogP contribution >= 0.6 is 15.9 Å². The largest absolute Gasteiger partial charge is 0.483 e. The molecule has 0 spiro atoms. The smallest absolute Gasteiger partial charge is 0.261 e. The van der Waals surface area contributed by atoms with Crippen molar-refractivity contribution in [3.63, 3.8) is 0 Å². The van der Waals surface area contributed by atoms with Crippen LogP contribution in [0.3, 0.4) is 0 Å². The van der Waals surface area contributed by atoms with Crippen molar-refractivity contribution in [2.75, 3.05) is 6.61 Å². The third-order valence-corrected chi connectivity index (χ3v) is 7.16. The second-order valence-corrected chi connectivity index (χ2v) is 10.6. The standard InChI is InChI=1S/C31H36BrFN2O3/c1-5-22(4)34-31(37)28(17-23-11-7-6-8-12-23)35(19-25-13-9-10-14-27(25)33)30(36)20-38-29-16-15-24(21(2)3)18-26(29)32/h6-16,18,21-22,28H,5,17,19-20H2,1-4H3,(H,34,37)/t22-,28-/m1/s1. The summed E-state index contributed by atoms with van der Waals surface area (Å²) in [6.07, 6.45) is 1.03. The maximum atomic E-state index is 14.7. The first-order valence-corrected chi connectivity index (χ1v) is 13.8. The minimum absolute atomic E-state index is 0.0618. The maximum absolute atomic E-state index is 14.7. The lowest BCUT2D eigenvalue weighted by Crippen LogP contribution is -2.53. The van der Waals surface area contributed by atoms with Crippen molar-refractivity contribution in [2.24, 2.45) is 0 Å². The predicted molar refractivity (Wildman–Crippen MR) is 153 cm³/mol. The van der Waals surface area contributed by atoms with Crippen molar-refractivity contribution in [3.05, 3.63) is 99.8 Å². The van der Waals surface area contributed by atoms with E-state index in [0.717, 1.165) is 22.0 Å². The van der Waals surface area contributed by atoms with Gasteiger partial charge in [-0.15, -0.1) is 0 Å². The van der Waals surface area contributed by atoms with Crippen LogP contribution in [0.2, 0.25) is 0 Å². The Morgan fingerprint density at radius 2 is 1.68 bits per heavy atom. The molecule has 5 nitrogen and oxygen atoms in total. The number of carbonyl (C=O) groups excluding carboxylic acids is 2. The van der Waals surface area contributed by atoms with Gasteiger partial charge in [0.15, 0.2) is 6.61 Å². The zero-order chi connectivity index (χ0) is 27.7. The fourth-order valence-electron chi connectivity index (χ4n) is 4.02. The third-order valence-electron chi connectivity index (χ3n) is 6.54. The Kier molecular flexibility index (Phi) is 10.9. The highest BCUT2D eigenvalue weighted by molar-refractivity contribution is 9.10. The van der Waals surface area contributed by atoms with Crippen molar-refractivity contribution in [2.45, 2.75) is 65.1 Å². The predicted octanol–water partition coefficient (Wildman–Crippen LogP) is 6.65. The lowest BCUT2D eigenvalue weighted by Gasteiger charge is -2.32. The number of ether oxygens (including phenoxy) is 1. The summed E-state index contributed by atoms with van der Waals surface area (Å²) in [5.41, 5.74) is 2.37. The Hall–Kier alpha value is -3.19. The van der Waals surface area contributed by atoms with Crippen molar-refractivity contribution < 1.29 is 18.7 Å². The van der Waals surface area contributed by atoms with Gasteiger partial charge in [0.1, 0.15) is 17.6 Å². The first-order valence-electron chi connectivity index (χ1n) is 13.0. The maximum Gasteiger partial charge on any atom is 0.261 e. The quantitative estimate of drug-likeness (QED) is 0.260. The van der Waals surface area contributed by atoms with E-state index < -0.39 is 17.8 Å². The van der Waals surface area contributed by atoms with Gasteiger partial charge in [0.25, 0.3) is 5.91 Å². The Morgan fingerprint density at radius 1 is 1.00 bits per heavy atom. The SMILES string of the molecule is CC[C@@H](C)NC(=O)[C@@H](Cc1ccccc1)N(Cc1ccccc1F)C(=O)COc1ccc(C(C)C)cc1Br. The number of halogens is 2. The number of benzene rings is 3. The summed E-state index contributed by atoms with van der Waals surface area (Å²) in [4.78, 5) is 28.6. The summed E-state index contributed by atoms with van der Waals surface area (Å²) in [5, 5.41) is 3.01. The molecule has 38 heavy (non-hydrogen) atoms. The minimum Gasteiger partial charge on any atom is -0.483 e. The van der Waals surface area contributed by atoms with Crippen LogP contribution in [-0.4, -0.2) is 35.4 Å². The van der Waals surface area contributed by atoms with Gasteiger partial charge < -0.3 is 15.0 Å². The Bertz CT molecular complexity index is 1220. The second-order valence-electron chi connectivity index (χ2n) is 9.77. The molecule has 3 rings (SSSR count). The van der Waals surface area contributed by atoms with E-state index in [4.69, 9.17) is 4.74 Å². The van der Waals surface area contributed by atoms with Gasteiger partial charge in [0, 0.05) is 24.6 Å². The molecule has 0 radical (unpaired) electrons. The zero-order valence-corrected chi connectivity index (χ0v) is 24.0. The average Bonchev–Trinajstić information content (AvgIpc) is 2.91. The fourth-order valence-corrected chi connectivity index (χ4v) is 4.53. The molecule has 0 heterocycles. The van der Waals surface area contributed by atoms with Crippen molar-refractivity contribution in [1.29, 1.82) is 0 Å². The second kappa shape index (κ2) is 14.1. The van der Waals surface area contributed by atoms with E-state index in [1.807, 2.05) is 62.4 Å². The summed E-state index contributed by atoms with van der Waals surface area (Å²) in [7, 11) is 0. The lowest BCUT2D eigenvalue weighted by molar-refractivity contribution is -0.143. The summed E-state index contributed by atoms with van der Waals surface area (Å²) in [5.74, 6) is -0.249. The molecule has 0 saturated carbocycles. The molecule has 0 aliphatic carbocycles. The van der Waals surface area contributed by atoms with Gasteiger partial charge in [0.2, 0.25) is 5.91 Å². The molecule has 7 heteroatoms. The number of nitrogens with one attached hydrogen (secondary N) is 1. The van der Waals surface area contributed by atoms with Crippen molar-refractivity contribution in [1.82, 2.24) is 10.2 Å². The molecule has 2 atom stereocenters. The summed E-state index contributed by atoms with van der Waals surface area (Å²) < 4.78 is 21.3. The van der Waals surface area contributed by atoms with E-state index in [9.17, 15) is 14.0 Å². The first kappa shape index (κ1) is 29.4. The van der Waals surface area contributed by atoms with Crippen LogP contribution in [0, 0.1) is 5.82 Å². The molecule has 0 saturated heterocycles. The minimum atomic E-state index is -0.853. The normalized spacial score (nSPS) is 12.6. The molecule has 1 N–H and O–H groups in total. The zero-order valence-electron chi connectivity index (χ0n) is 22.4. The number of hydrogen-bond acceptors (Lipinski definition) is 3. The van der Waals surface area contributed by atoms with E-state index in [1.54, 1.807) is 18.2 Å². The van der Waals surface area contributed by atoms with Crippen molar-refractivity contribution in [3.8, 4) is 5.75 Å². The molecule has 0 aliphatic rings. The highest BCUT2D eigenvalue weighted by Crippen LogP contribution is 2.29. The molecular weight excluding hydrogens is 547 g/mol. The van der Waals surface area contributed by atoms with Crippen LogP contribution in [-0.2, 0) is 22.6 Å². The fraction of sp³-hybridized carbons (Fsp3) is 0.355.